The molecule has 2 N–H and O–H groups in total. The van der Waals surface area contributed by atoms with Crippen LogP contribution in [0.15, 0.2) is 0 Å². The average Bonchev–Trinajstić information content (AvgIpc) is 2.50. The van der Waals surface area contributed by atoms with Gasteiger partial charge in [-0.1, -0.05) is 0 Å². The Bertz CT molecular complexity index is 94.7. The summed E-state index contributed by atoms with van der Waals surface area (Å²) < 4.78 is 0. The van der Waals surface area contributed by atoms with Crippen molar-refractivity contribution in [2.75, 3.05) is 13.6 Å². The van der Waals surface area contributed by atoms with Gasteiger partial charge in [0.2, 0.25) is 0 Å². The Morgan fingerprint density at radius 2 is 2.38 bits per heavy atom. The van der Waals surface area contributed by atoms with Gasteiger partial charge >= 0.3 is 0 Å². The van der Waals surface area contributed by atoms with Crippen LogP contribution in [-0.2, 0) is 0 Å². The number of nitrogens with one attached hydrogen (secondary N) is 2. The van der Waals surface area contributed by atoms with Crippen molar-refractivity contribution in [3.8, 4) is 0 Å². The molecule has 1 aliphatic rings. The van der Waals surface area contributed by atoms with Crippen LogP contribution in [0.25, 0.3) is 0 Å². The quantitative estimate of drug-likeness (QED) is 0.516. The van der Waals surface area contributed by atoms with Crippen LogP contribution in [0.4, 0.5) is 0 Å². The van der Waals surface area contributed by atoms with Crippen LogP contribution in [0, 0.1) is 10.8 Å². The standard InChI is InChI=1S/C6H12N2/c1-8-5-6(4-7)2-3-6/h4,7-8H,2-3,5H2,1H3. The SMILES string of the molecule is CNCC1(C=N)CC1. The fraction of sp³-hybridized carbons (Fsp3) is 0.833. The van der Waals surface area contributed by atoms with E-state index >= 15 is 0 Å². The van der Waals surface area contributed by atoms with Gasteiger partial charge in [-0.3, -0.25) is 0 Å². The Kier molecular flexibility index (Phi) is 1.34. The highest BCUT2D eigenvalue weighted by molar-refractivity contribution is 5.66. The van der Waals surface area contributed by atoms with E-state index in [1.54, 1.807) is 6.21 Å². The lowest BCUT2D eigenvalue weighted by molar-refractivity contribution is 0.635. The third-order valence-corrected chi connectivity index (χ3v) is 1.73. The summed E-state index contributed by atoms with van der Waals surface area (Å²) in [5.41, 5.74) is 0.273. The summed E-state index contributed by atoms with van der Waals surface area (Å²) >= 11 is 0. The molecule has 0 bridgehead atoms. The first-order valence-electron chi connectivity index (χ1n) is 2.99. The molecule has 0 unspecified atom stereocenters. The van der Waals surface area contributed by atoms with Gasteiger partial charge < -0.3 is 10.7 Å². The largest absolute Gasteiger partial charge is 0.319 e. The van der Waals surface area contributed by atoms with Gasteiger partial charge in [0, 0.05) is 18.2 Å². The van der Waals surface area contributed by atoms with Gasteiger partial charge in [-0.15, -0.1) is 0 Å². The third kappa shape index (κ3) is 0.892. The van der Waals surface area contributed by atoms with E-state index in [2.05, 4.69) is 5.32 Å². The van der Waals surface area contributed by atoms with Crippen molar-refractivity contribution in [2.45, 2.75) is 12.8 Å². The van der Waals surface area contributed by atoms with Crippen LogP contribution in [0.2, 0.25) is 0 Å². The molecule has 1 fully saturated rings. The second kappa shape index (κ2) is 1.86. The molecule has 0 saturated heterocycles. The van der Waals surface area contributed by atoms with Crippen molar-refractivity contribution < 1.29 is 0 Å². The molecular formula is C6H12N2. The summed E-state index contributed by atoms with van der Waals surface area (Å²) in [6.07, 6.45) is 3.98. The Morgan fingerprint density at radius 1 is 1.75 bits per heavy atom. The van der Waals surface area contributed by atoms with E-state index in [0.717, 1.165) is 6.54 Å². The summed E-state index contributed by atoms with van der Waals surface area (Å²) in [7, 11) is 1.93. The minimum Gasteiger partial charge on any atom is -0.319 e. The third-order valence-electron chi connectivity index (χ3n) is 1.73. The van der Waals surface area contributed by atoms with Crippen molar-refractivity contribution in [1.82, 2.24) is 5.32 Å². The minimum atomic E-state index is 0.273. The van der Waals surface area contributed by atoms with E-state index in [1.807, 2.05) is 7.05 Å². The lowest BCUT2D eigenvalue weighted by Crippen LogP contribution is -2.20. The molecule has 46 valence electrons. The smallest absolute Gasteiger partial charge is 0.0175 e. The molecule has 8 heavy (non-hydrogen) atoms. The lowest BCUT2D eigenvalue weighted by atomic mass is 10.1. The highest BCUT2D eigenvalue weighted by atomic mass is 14.8. The van der Waals surface area contributed by atoms with Gasteiger partial charge in [0.25, 0.3) is 0 Å². The first-order chi connectivity index (χ1) is 3.83. The van der Waals surface area contributed by atoms with Gasteiger partial charge in [-0.25, -0.2) is 0 Å². The summed E-state index contributed by atoms with van der Waals surface area (Å²) in [4.78, 5) is 0. The van der Waals surface area contributed by atoms with Gasteiger partial charge in [0.15, 0.2) is 0 Å². The van der Waals surface area contributed by atoms with Crippen molar-refractivity contribution in [3.63, 3.8) is 0 Å². The fourth-order valence-electron chi connectivity index (χ4n) is 0.885. The van der Waals surface area contributed by atoms with Gasteiger partial charge in [-0.05, 0) is 19.9 Å². The Hall–Kier alpha value is -0.370. The molecule has 0 heterocycles. The first-order valence-corrected chi connectivity index (χ1v) is 2.99. The zero-order chi connectivity index (χ0) is 6.04. The molecule has 0 aromatic heterocycles. The van der Waals surface area contributed by atoms with Crippen molar-refractivity contribution in [1.29, 1.82) is 5.41 Å². The average molecular weight is 112 g/mol. The van der Waals surface area contributed by atoms with Crippen molar-refractivity contribution in [2.24, 2.45) is 5.41 Å². The molecule has 2 heteroatoms. The maximum atomic E-state index is 7.01. The maximum Gasteiger partial charge on any atom is 0.0175 e. The topological polar surface area (TPSA) is 35.9 Å². The Labute approximate surface area is 49.8 Å². The zero-order valence-corrected chi connectivity index (χ0v) is 5.20. The second-order valence-corrected chi connectivity index (χ2v) is 2.54. The fourth-order valence-corrected chi connectivity index (χ4v) is 0.885. The molecule has 1 rings (SSSR count). The van der Waals surface area contributed by atoms with Crippen molar-refractivity contribution in [3.05, 3.63) is 0 Å². The molecule has 1 aliphatic carbocycles. The molecular weight excluding hydrogens is 100 g/mol. The molecule has 0 aliphatic heterocycles. The molecule has 1 saturated carbocycles. The van der Waals surface area contributed by atoms with E-state index in [1.165, 1.54) is 12.8 Å². The highest BCUT2D eigenvalue weighted by Gasteiger charge is 2.39. The monoisotopic (exact) mass is 112 g/mol. The summed E-state index contributed by atoms with van der Waals surface area (Å²) in [6.45, 7) is 0.983. The first kappa shape index (κ1) is 5.76. The summed E-state index contributed by atoms with van der Waals surface area (Å²) in [5, 5.41) is 10.1. The maximum absolute atomic E-state index is 7.01. The van der Waals surface area contributed by atoms with Crippen LogP contribution in [-0.4, -0.2) is 19.8 Å². The Morgan fingerprint density at radius 3 is 2.50 bits per heavy atom. The molecule has 0 aromatic carbocycles. The van der Waals surface area contributed by atoms with Gasteiger partial charge in [-0.2, -0.15) is 0 Å². The Balaban J connectivity index is 2.30. The van der Waals surface area contributed by atoms with Crippen LogP contribution in [0.3, 0.4) is 0 Å². The summed E-state index contributed by atoms with van der Waals surface area (Å²) in [5.74, 6) is 0. The van der Waals surface area contributed by atoms with Crippen LogP contribution < -0.4 is 5.32 Å². The van der Waals surface area contributed by atoms with Crippen LogP contribution in [0.5, 0.6) is 0 Å². The number of hydrogen-bond acceptors (Lipinski definition) is 2. The lowest BCUT2D eigenvalue weighted by Gasteiger charge is -2.04. The van der Waals surface area contributed by atoms with E-state index in [4.69, 9.17) is 5.41 Å². The highest BCUT2D eigenvalue weighted by Crippen LogP contribution is 2.42. The minimum absolute atomic E-state index is 0.273. The van der Waals surface area contributed by atoms with E-state index in [-0.39, 0.29) is 5.41 Å². The summed E-state index contributed by atoms with van der Waals surface area (Å²) in [6, 6.07) is 0. The normalized spacial score (nSPS) is 22.6. The zero-order valence-electron chi connectivity index (χ0n) is 5.20. The number of hydrogen-bond donors (Lipinski definition) is 2. The van der Waals surface area contributed by atoms with E-state index in [9.17, 15) is 0 Å². The predicted octanol–water partition coefficient (Wildman–Crippen LogP) is 0.636. The molecule has 0 amide bonds. The van der Waals surface area contributed by atoms with E-state index < -0.39 is 0 Å². The number of rotatable bonds is 3. The second-order valence-electron chi connectivity index (χ2n) is 2.54. The molecule has 0 radical (unpaired) electrons. The van der Waals surface area contributed by atoms with Crippen LogP contribution in [0.1, 0.15) is 12.8 Å². The van der Waals surface area contributed by atoms with Gasteiger partial charge in [0.05, 0.1) is 0 Å². The predicted molar refractivity (Wildman–Crippen MR) is 34.4 cm³/mol. The molecule has 2 nitrogen and oxygen atoms in total. The van der Waals surface area contributed by atoms with Crippen molar-refractivity contribution >= 4 is 6.21 Å². The van der Waals surface area contributed by atoms with Gasteiger partial charge in [0.1, 0.15) is 0 Å². The molecule has 0 atom stereocenters. The molecule has 0 spiro atoms. The van der Waals surface area contributed by atoms with Crippen LogP contribution >= 0.6 is 0 Å². The van der Waals surface area contributed by atoms with E-state index in [0.29, 0.717) is 0 Å². The molecule has 0 aromatic rings.